The molecule has 18 heavy (non-hydrogen) atoms. The molecule has 0 fully saturated rings. The van der Waals surface area contributed by atoms with E-state index in [1.165, 1.54) is 19.4 Å². The minimum absolute atomic E-state index is 0.00858. The maximum Gasteiger partial charge on any atom is 0.217 e. The van der Waals surface area contributed by atoms with Crippen molar-refractivity contribution < 1.29 is 9.59 Å². The molecular weight excluding hydrogens is 228 g/mol. The fourth-order valence-electron chi connectivity index (χ4n) is 2.60. The van der Waals surface area contributed by atoms with Crippen LogP contribution >= 0.6 is 0 Å². The van der Waals surface area contributed by atoms with Gasteiger partial charge in [-0.25, -0.2) is 0 Å². The van der Waals surface area contributed by atoms with E-state index in [-0.39, 0.29) is 23.4 Å². The maximum absolute atomic E-state index is 11.2. The van der Waals surface area contributed by atoms with Crippen LogP contribution in [0.2, 0.25) is 0 Å². The molecule has 0 aliphatic heterocycles. The Morgan fingerprint density at radius 2 is 1.89 bits per heavy atom. The average molecular weight is 252 g/mol. The third-order valence-corrected chi connectivity index (χ3v) is 3.69. The first kappa shape index (κ1) is 14.7. The third kappa shape index (κ3) is 3.86. The minimum Gasteiger partial charge on any atom is -0.351 e. The van der Waals surface area contributed by atoms with Gasteiger partial charge in [0.15, 0.2) is 0 Å². The van der Waals surface area contributed by atoms with Crippen molar-refractivity contribution in [3.8, 4) is 0 Å². The predicted octanol–water partition coefficient (Wildman–Crippen LogP) is 1.76. The second-order valence-corrected chi connectivity index (χ2v) is 5.77. The molecule has 0 radical (unpaired) electrons. The van der Waals surface area contributed by atoms with Crippen LogP contribution in [-0.2, 0) is 9.59 Å². The summed E-state index contributed by atoms with van der Waals surface area (Å²) >= 11 is 0. The lowest BCUT2D eigenvalue weighted by Crippen LogP contribution is -2.51. The maximum atomic E-state index is 11.2. The summed E-state index contributed by atoms with van der Waals surface area (Å²) in [5.41, 5.74) is 0.958. The fourth-order valence-corrected chi connectivity index (χ4v) is 2.60. The van der Waals surface area contributed by atoms with Crippen LogP contribution in [-0.4, -0.2) is 23.4 Å². The van der Waals surface area contributed by atoms with Crippen molar-refractivity contribution >= 4 is 11.8 Å². The van der Waals surface area contributed by atoms with Crippen molar-refractivity contribution in [2.24, 2.45) is 5.92 Å². The second-order valence-electron chi connectivity index (χ2n) is 5.77. The molecule has 2 amide bonds. The van der Waals surface area contributed by atoms with Gasteiger partial charge in [-0.2, -0.15) is 0 Å². The van der Waals surface area contributed by atoms with E-state index in [1.54, 1.807) is 0 Å². The van der Waals surface area contributed by atoms with E-state index in [1.807, 2.05) is 20.8 Å². The molecule has 1 rings (SSSR count). The molecule has 0 heterocycles. The fraction of sp³-hybridized carbons (Fsp3) is 0.714. The summed E-state index contributed by atoms with van der Waals surface area (Å²) in [4.78, 5) is 22.4. The number of allylic oxidation sites excluding steroid dienone is 1. The van der Waals surface area contributed by atoms with E-state index in [9.17, 15) is 9.59 Å². The molecule has 0 aromatic heterocycles. The van der Waals surface area contributed by atoms with E-state index < -0.39 is 0 Å². The van der Waals surface area contributed by atoms with Crippen LogP contribution in [0.1, 0.15) is 47.5 Å². The molecule has 1 aliphatic carbocycles. The van der Waals surface area contributed by atoms with Crippen LogP contribution in [0, 0.1) is 5.92 Å². The topological polar surface area (TPSA) is 58.2 Å². The Kier molecular flexibility index (Phi) is 4.54. The summed E-state index contributed by atoms with van der Waals surface area (Å²) in [5.74, 6) is 0.315. The first-order chi connectivity index (χ1) is 8.22. The molecule has 0 saturated carbocycles. The zero-order chi connectivity index (χ0) is 13.9. The summed E-state index contributed by atoms with van der Waals surface area (Å²) in [7, 11) is 0. The van der Waals surface area contributed by atoms with E-state index in [0.717, 1.165) is 12.8 Å². The zero-order valence-corrected chi connectivity index (χ0v) is 12.0. The first-order valence-corrected chi connectivity index (χ1v) is 6.45. The van der Waals surface area contributed by atoms with Gasteiger partial charge >= 0.3 is 0 Å². The van der Waals surface area contributed by atoms with Gasteiger partial charge in [0, 0.05) is 19.4 Å². The van der Waals surface area contributed by atoms with Crippen molar-refractivity contribution in [2.75, 3.05) is 0 Å². The summed E-state index contributed by atoms with van der Waals surface area (Å²) < 4.78 is 0. The number of hydrogen-bond donors (Lipinski definition) is 2. The average Bonchev–Trinajstić information content (AvgIpc) is 2.18. The van der Waals surface area contributed by atoms with E-state index in [4.69, 9.17) is 0 Å². The normalized spacial score (nSPS) is 24.2. The standard InChI is InChI=1S/C14H24N2O2/c1-9-6-7-12(8-13(9)15-10(2)17)14(4,5)16-11(3)18/h6,12-13H,7-8H2,1-5H3,(H,15,17)(H,16,18)/t12-,13-/m0/s1. The summed E-state index contributed by atoms with van der Waals surface area (Å²) in [6.07, 6.45) is 3.97. The van der Waals surface area contributed by atoms with E-state index in [0.29, 0.717) is 5.92 Å². The molecular formula is C14H24N2O2. The predicted molar refractivity (Wildman–Crippen MR) is 72.0 cm³/mol. The summed E-state index contributed by atoms with van der Waals surface area (Å²) in [6, 6.07) is 0.0919. The number of rotatable bonds is 3. The molecule has 102 valence electrons. The van der Waals surface area contributed by atoms with Gasteiger partial charge in [-0.05, 0) is 39.5 Å². The largest absolute Gasteiger partial charge is 0.351 e. The van der Waals surface area contributed by atoms with Crippen LogP contribution in [0.5, 0.6) is 0 Å². The molecule has 0 bridgehead atoms. The molecule has 4 nitrogen and oxygen atoms in total. The van der Waals surface area contributed by atoms with Gasteiger partial charge in [0.25, 0.3) is 0 Å². The Labute approximate surface area is 109 Å². The van der Waals surface area contributed by atoms with Crippen molar-refractivity contribution in [3.05, 3.63) is 11.6 Å². The zero-order valence-electron chi connectivity index (χ0n) is 12.0. The van der Waals surface area contributed by atoms with Crippen LogP contribution in [0.25, 0.3) is 0 Å². The second kappa shape index (κ2) is 5.55. The molecule has 0 aromatic carbocycles. The van der Waals surface area contributed by atoms with Crippen LogP contribution in [0.4, 0.5) is 0 Å². The minimum atomic E-state index is -0.250. The first-order valence-electron chi connectivity index (χ1n) is 6.45. The van der Waals surface area contributed by atoms with Crippen molar-refractivity contribution in [3.63, 3.8) is 0 Å². The van der Waals surface area contributed by atoms with Gasteiger partial charge < -0.3 is 10.6 Å². The molecule has 2 atom stereocenters. The number of nitrogens with one attached hydrogen (secondary N) is 2. The molecule has 0 aromatic rings. The van der Waals surface area contributed by atoms with Crippen molar-refractivity contribution in [2.45, 2.75) is 59.0 Å². The highest BCUT2D eigenvalue weighted by molar-refractivity contribution is 5.74. The Bertz CT molecular complexity index is 372. The van der Waals surface area contributed by atoms with E-state index in [2.05, 4.69) is 16.7 Å². The quantitative estimate of drug-likeness (QED) is 0.752. The molecule has 1 aliphatic rings. The summed E-state index contributed by atoms with van der Waals surface area (Å²) in [5, 5.41) is 5.96. The highest BCUT2D eigenvalue weighted by atomic mass is 16.2. The SMILES string of the molecule is CC(=O)N[C@H]1C[C@@H](C(C)(C)NC(C)=O)CC=C1C. The Morgan fingerprint density at radius 1 is 1.28 bits per heavy atom. The Hall–Kier alpha value is -1.32. The van der Waals surface area contributed by atoms with Gasteiger partial charge in [-0.15, -0.1) is 0 Å². The van der Waals surface area contributed by atoms with Crippen LogP contribution < -0.4 is 10.6 Å². The highest BCUT2D eigenvalue weighted by Gasteiger charge is 2.34. The lowest BCUT2D eigenvalue weighted by Gasteiger charge is -2.39. The number of hydrogen-bond acceptors (Lipinski definition) is 2. The van der Waals surface area contributed by atoms with Crippen molar-refractivity contribution in [1.29, 1.82) is 0 Å². The van der Waals surface area contributed by atoms with Gasteiger partial charge in [-0.1, -0.05) is 11.6 Å². The molecule has 0 unspecified atom stereocenters. The third-order valence-electron chi connectivity index (χ3n) is 3.69. The van der Waals surface area contributed by atoms with Gasteiger partial charge in [0.1, 0.15) is 0 Å². The van der Waals surface area contributed by atoms with Crippen LogP contribution in [0.3, 0.4) is 0 Å². The summed E-state index contributed by atoms with van der Waals surface area (Å²) in [6.45, 7) is 9.20. The van der Waals surface area contributed by atoms with Crippen LogP contribution in [0.15, 0.2) is 11.6 Å². The smallest absolute Gasteiger partial charge is 0.217 e. The van der Waals surface area contributed by atoms with Gasteiger partial charge in [-0.3, -0.25) is 9.59 Å². The number of carbonyl (C=O) groups excluding carboxylic acids is 2. The Balaban J connectivity index is 2.76. The van der Waals surface area contributed by atoms with Gasteiger partial charge in [0.05, 0.1) is 6.04 Å². The van der Waals surface area contributed by atoms with Gasteiger partial charge in [0.2, 0.25) is 11.8 Å². The Morgan fingerprint density at radius 3 is 2.39 bits per heavy atom. The number of carbonyl (C=O) groups is 2. The highest BCUT2D eigenvalue weighted by Crippen LogP contribution is 2.32. The monoisotopic (exact) mass is 252 g/mol. The molecule has 0 spiro atoms. The number of amides is 2. The molecule has 0 saturated heterocycles. The van der Waals surface area contributed by atoms with E-state index >= 15 is 0 Å². The van der Waals surface area contributed by atoms with Crippen molar-refractivity contribution in [1.82, 2.24) is 10.6 Å². The molecule has 4 heteroatoms. The lowest BCUT2D eigenvalue weighted by atomic mass is 9.75. The molecule has 2 N–H and O–H groups in total. The lowest BCUT2D eigenvalue weighted by molar-refractivity contribution is -0.122.